The van der Waals surface area contributed by atoms with Crippen LogP contribution in [0.15, 0.2) is 11.6 Å². The summed E-state index contributed by atoms with van der Waals surface area (Å²) in [7, 11) is 0. The van der Waals surface area contributed by atoms with E-state index in [4.69, 9.17) is 10.8 Å². The number of carboxylic acid groups (broad SMARTS) is 1. The zero-order valence-electron chi connectivity index (χ0n) is 11.3. The quantitative estimate of drug-likeness (QED) is 0.736. The van der Waals surface area contributed by atoms with Crippen LogP contribution in [0.4, 0.5) is 0 Å². The zero-order valence-corrected chi connectivity index (χ0v) is 12.1. The maximum atomic E-state index is 12.1. The Morgan fingerprint density at radius 1 is 1.56 bits per heavy atom. The van der Waals surface area contributed by atoms with Gasteiger partial charge in [0, 0.05) is 22.6 Å². The van der Waals surface area contributed by atoms with E-state index in [1.165, 1.54) is 11.8 Å². The van der Waals surface area contributed by atoms with Crippen molar-refractivity contribution in [2.45, 2.75) is 44.8 Å². The van der Waals surface area contributed by atoms with Crippen LogP contribution < -0.4 is 5.73 Å². The maximum Gasteiger partial charge on any atom is 0.321 e. The number of hydrogen-bond acceptors (Lipinski definition) is 5. The molecule has 0 bridgehead atoms. The molecule has 104 valence electrons. The summed E-state index contributed by atoms with van der Waals surface area (Å²) >= 11 is 1.45. The van der Waals surface area contributed by atoms with Crippen molar-refractivity contribution in [2.75, 3.05) is 11.5 Å². The average molecular weight is 273 g/mol. The lowest BCUT2D eigenvalue weighted by Crippen LogP contribution is -2.46. The van der Waals surface area contributed by atoms with Crippen molar-refractivity contribution in [3.8, 4) is 0 Å². The highest BCUT2D eigenvalue weighted by atomic mass is 32.2. The fraction of sp³-hybridized carbons (Fsp3) is 0.750. The predicted molar refractivity (Wildman–Crippen MR) is 74.4 cm³/mol. The Kier molecular flexibility index (Phi) is 4.48. The van der Waals surface area contributed by atoms with Gasteiger partial charge in [0.1, 0.15) is 6.04 Å². The van der Waals surface area contributed by atoms with Gasteiger partial charge in [-0.2, -0.15) is 11.8 Å². The predicted octanol–water partition coefficient (Wildman–Crippen LogP) is 1.43. The molecule has 0 aromatic carbocycles. The summed E-state index contributed by atoms with van der Waals surface area (Å²) in [6.45, 7) is 7.53. The van der Waals surface area contributed by atoms with Crippen LogP contribution in [0.2, 0.25) is 0 Å². The molecule has 18 heavy (non-hydrogen) atoms. The first-order valence-electron chi connectivity index (χ1n) is 5.85. The Bertz CT molecular complexity index is 366. The Hall–Kier alpha value is -0.560. The SMILES string of the molecule is CC1(C)C=C(CSC[C@H](N)C(=O)O)C(C)(C)N1[O-]. The van der Waals surface area contributed by atoms with Crippen LogP contribution in [-0.2, 0) is 4.79 Å². The van der Waals surface area contributed by atoms with Gasteiger partial charge in [-0.1, -0.05) is 6.08 Å². The van der Waals surface area contributed by atoms with Crippen molar-refractivity contribution < 1.29 is 9.90 Å². The summed E-state index contributed by atoms with van der Waals surface area (Å²) in [6, 6.07) is -0.850. The van der Waals surface area contributed by atoms with Gasteiger partial charge in [-0.3, -0.25) is 4.79 Å². The molecular formula is C12H21N2O3S-. The largest absolute Gasteiger partial charge is 0.784 e. The smallest absolute Gasteiger partial charge is 0.321 e. The molecule has 1 rings (SSSR count). The first kappa shape index (κ1) is 15.5. The highest BCUT2D eigenvalue weighted by molar-refractivity contribution is 7.99. The molecule has 0 fully saturated rings. The molecule has 6 heteroatoms. The van der Waals surface area contributed by atoms with E-state index in [0.29, 0.717) is 11.5 Å². The van der Waals surface area contributed by atoms with Crippen molar-refractivity contribution >= 4 is 17.7 Å². The summed E-state index contributed by atoms with van der Waals surface area (Å²) in [5, 5.41) is 21.9. The van der Waals surface area contributed by atoms with Gasteiger partial charge < -0.3 is 21.1 Å². The second-order valence-electron chi connectivity index (χ2n) is 5.64. The van der Waals surface area contributed by atoms with Gasteiger partial charge in [0.2, 0.25) is 0 Å². The van der Waals surface area contributed by atoms with E-state index in [1.807, 2.05) is 33.8 Å². The molecule has 0 amide bonds. The lowest BCUT2D eigenvalue weighted by atomic mass is 9.98. The normalized spacial score (nSPS) is 23.8. The number of aliphatic carboxylic acids is 1. The fourth-order valence-electron chi connectivity index (χ4n) is 2.10. The van der Waals surface area contributed by atoms with E-state index >= 15 is 0 Å². The molecule has 0 aliphatic carbocycles. The van der Waals surface area contributed by atoms with E-state index in [2.05, 4.69) is 0 Å². The molecule has 1 heterocycles. The van der Waals surface area contributed by atoms with Gasteiger partial charge >= 0.3 is 5.97 Å². The first-order valence-corrected chi connectivity index (χ1v) is 7.00. The van der Waals surface area contributed by atoms with Crippen molar-refractivity contribution in [3.05, 3.63) is 16.9 Å². The molecule has 0 saturated carbocycles. The van der Waals surface area contributed by atoms with Gasteiger partial charge in [-0.25, -0.2) is 0 Å². The molecule has 0 saturated heterocycles. The van der Waals surface area contributed by atoms with Crippen LogP contribution in [0.1, 0.15) is 27.7 Å². The third-order valence-corrected chi connectivity index (χ3v) is 4.33. The Labute approximate surface area is 112 Å². The van der Waals surface area contributed by atoms with Crippen molar-refractivity contribution in [2.24, 2.45) is 5.73 Å². The molecular weight excluding hydrogens is 252 g/mol. The monoisotopic (exact) mass is 273 g/mol. The molecule has 0 aromatic heterocycles. The Balaban J connectivity index is 2.60. The fourth-order valence-corrected chi connectivity index (χ4v) is 3.27. The minimum absolute atomic E-state index is 0.349. The number of carboxylic acids is 1. The van der Waals surface area contributed by atoms with E-state index in [9.17, 15) is 10.0 Å². The van der Waals surface area contributed by atoms with Crippen molar-refractivity contribution in [1.82, 2.24) is 5.06 Å². The second-order valence-corrected chi connectivity index (χ2v) is 6.67. The zero-order chi connectivity index (χ0) is 14.1. The third kappa shape index (κ3) is 3.06. The summed E-state index contributed by atoms with van der Waals surface area (Å²) in [5.41, 5.74) is 5.43. The van der Waals surface area contributed by atoms with Gasteiger partial charge in [0.15, 0.2) is 0 Å². The number of nitrogens with zero attached hydrogens (tertiary/aromatic N) is 1. The molecule has 1 atom stereocenters. The van der Waals surface area contributed by atoms with Crippen LogP contribution in [0.3, 0.4) is 0 Å². The topological polar surface area (TPSA) is 89.6 Å². The molecule has 1 aliphatic rings. The average Bonchev–Trinajstić information content (AvgIpc) is 2.39. The molecule has 1 aliphatic heterocycles. The molecule has 0 radical (unpaired) electrons. The number of carbonyl (C=O) groups is 1. The minimum atomic E-state index is -0.993. The summed E-state index contributed by atoms with van der Waals surface area (Å²) in [4.78, 5) is 10.6. The molecule has 3 N–H and O–H groups in total. The summed E-state index contributed by atoms with van der Waals surface area (Å²) in [5.74, 6) is -0.00833. The van der Waals surface area contributed by atoms with Gasteiger partial charge in [-0.05, 0) is 33.3 Å². The summed E-state index contributed by atoms with van der Waals surface area (Å²) < 4.78 is 0. The highest BCUT2D eigenvalue weighted by Crippen LogP contribution is 2.40. The molecule has 0 unspecified atom stereocenters. The third-order valence-electron chi connectivity index (χ3n) is 3.22. The van der Waals surface area contributed by atoms with Crippen LogP contribution in [0, 0.1) is 5.21 Å². The Morgan fingerprint density at radius 3 is 2.50 bits per heavy atom. The Morgan fingerprint density at radius 2 is 2.11 bits per heavy atom. The lowest BCUT2D eigenvalue weighted by molar-refractivity contribution is -0.137. The molecule has 5 nitrogen and oxygen atoms in total. The van der Waals surface area contributed by atoms with E-state index in [0.717, 1.165) is 10.6 Å². The number of hydroxylamine groups is 2. The van der Waals surface area contributed by atoms with Gasteiger partial charge in [0.25, 0.3) is 0 Å². The molecule has 0 aromatic rings. The van der Waals surface area contributed by atoms with Gasteiger partial charge in [-0.15, -0.1) is 0 Å². The minimum Gasteiger partial charge on any atom is -0.784 e. The van der Waals surface area contributed by atoms with E-state index in [1.54, 1.807) is 0 Å². The second kappa shape index (κ2) is 5.21. The number of hydrogen-bond donors (Lipinski definition) is 2. The van der Waals surface area contributed by atoms with Crippen LogP contribution >= 0.6 is 11.8 Å². The van der Waals surface area contributed by atoms with Crippen LogP contribution in [-0.4, -0.2) is 44.8 Å². The van der Waals surface area contributed by atoms with E-state index < -0.39 is 23.1 Å². The molecule has 0 spiro atoms. The number of thioether (sulfide) groups is 1. The van der Waals surface area contributed by atoms with E-state index in [-0.39, 0.29) is 0 Å². The van der Waals surface area contributed by atoms with Crippen LogP contribution in [0.25, 0.3) is 0 Å². The van der Waals surface area contributed by atoms with Crippen molar-refractivity contribution in [3.63, 3.8) is 0 Å². The standard InChI is InChI=1S/C12H21N2O3S/c1-11(2)5-8(12(3,4)14(11)17)6-18-7-9(13)10(15)16/h5,9H,6-7,13H2,1-4H3,(H,15,16)/q-1/t9-/m0/s1. The number of nitrogens with two attached hydrogens (primary N) is 1. The van der Waals surface area contributed by atoms with Crippen LogP contribution in [0.5, 0.6) is 0 Å². The van der Waals surface area contributed by atoms with Crippen molar-refractivity contribution in [1.29, 1.82) is 0 Å². The highest BCUT2D eigenvalue weighted by Gasteiger charge is 2.39. The maximum absolute atomic E-state index is 12.1. The first-order chi connectivity index (χ1) is 8.09. The number of rotatable bonds is 5. The summed E-state index contributed by atoms with van der Waals surface area (Å²) in [6.07, 6.45) is 1.97. The lowest BCUT2D eigenvalue weighted by Gasteiger charge is -2.47. The van der Waals surface area contributed by atoms with Gasteiger partial charge in [0.05, 0.1) is 0 Å².